The van der Waals surface area contributed by atoms with Crippen LogP contribution in [0.15, 0.2) is 63.9 Å². The summed E-state index contributed by atoms with van der Waals surface area (Å²) in [7, 11) is 1.61. The minimum Gasteiger partial charge on any atom is -0.497 e. The van der Waals surface area contributed by atoms with Crippen molar-refractivity contribution in [1.29, 1.82) is 0 Å². The highest BCUT2D eigenvalue weighted by Gasteiger charge is 2.35. The fraction of sp³-hybridized carbons (Fsp3) is 0.250. The van der Waals surface area contributed by atoms with Gasteiger partial charge in [-0.3, -0.25) is 4.52 Å². The maximum absolute atomic E-state index is 12.4. The van der Waals surface area contributed by atoms with Crippen molar-refractivity contribution in [3.63, 3.8) is 0 Å². The van der Waals surface area contributed by atoms with Gasteiger partial charge in [-0.2, -0.15) is 0 Å². The monoisotopic (exact) mass is 397 g/mol. The maximum atomic E-state index is 12.4. The van der Waals surface area contributed by atoms with Crippen molar-refractivity contribution in [3.05, 3.63) is 70.7 Å². The summed E-state index contributed by atoms with van der Waals surface area (Å²) in [5, 5.41) is 6.53. The van der Waals surface area contributed by atoms with Gasteiger partial charge in [-0.05, 0) is 59.3 Å². The zero-order valence-electron chi connectivity index (χ0n) is 15.4. The third-order valence-corrected chi connectivity index (χ3v) is 5.00. The predicted octanol–water partition coefficient (Wildman–Crippen LogP) is 2.61. The van der Waals surface area contributed by atoms with Gasteiger partial charge in [0.15, 0.2) is 5.11 Å². The number of nitrogens with one attached hydrogen (secondary N) is 2. The molecular formula is C20H21N4O3S+. The second kappa shape index (κ2) is 7.85. The van der Waals surface area contributed by atoms with Crippen LogP contribution in [0.4, 0.5) is 5.69 Å². The first-order valence-electron chi connectivity index (χ1n) is 9.05. The number of methoxy groups -OCH3 is 1. The van der Waals surface area contributed by atoms with E-state index < -0.39 is 5.63 Å². The highest BCUT2D eigenvalue weighted by atomic mass is 32.1. The van der Waals surface area contributed by atoms with E-state index in [-0.39, 0.29) is 0 Å². The van der Waals surface area contributed by atoms with Gasteiger partial charge in [0, 0.05) is 23.9 Å². The molecular weight excluding hydrogens is 376 g/mol. The Morgan fingerprint density at radius 1 is 1.25 bits per heavy atom. The summed E-state index contributed by atoms with van der Waals surface area (Å²) < 4.78 is 11.9. The standard InChI is InChI=1S/C20H20N4O3S/c1-26-17-11-9-16(10-12-17)24-18(19(25)27-22-24)13-23(15-7-8-15)20(28)21-14-5-3-2-4-6-14/h2-6,9-12,15H,7-8,13H2,1H3,(H-,21,22,25,28)/p+1. The predicted molar refractivity (Wildman–Crippen MR) is 109 cm³/mol. The molecule has 1 heterocycles. The van der Waals surface area contributed by atoms with Crippen molar-refractivity contribution in [3.8, 4) is 11.4 Å². The van der Waals surface area contributed by atoms with Gasteiger partial charge in [-0.15, -0.1) is 0 Å². The molecule has 1 aliphatic rings. The summed E-state index contributed by atoms with van der Waals surface area (Å²) in [6.45, 7) is 0.348. The smallest absolute Gasteiger partial charge is 0.432 e. The Balaban J connectivity index is 1.58. The Morgan fingerprint density at radius 2 is 1.96 bits per heavy atom. The van der Waals surface area contributed by atoms with E-state index in [1.165, 1.54) is 0 Å². The van der Waals surface area contributed by atoms with Crippen LogP contribution in [0.25, 0.3) is 5.69 Å². The van der Waals surface area contributed by atoms with Crippen LogP contribution in [0, 0.1) is 0 Å². The number of ether oxygens (including phenoxy) is 1. The molecule has 144 valence electrons. The van der Waals surface area contributed by atoms with E-state index in [0.29, 0.717) is 23.4 Å². The Bertz CT molecular complexity index is 1010. The highest BCUT2D eigenvalue weighted by molar-refractivity contribution is 7.80. The van der Waals surface area contributed by atoms with Crippen molar-refractivity contribution in [1.82, 2.24) is 10.2 Å². The fourth-order valence-corrected chi connectivity index (χ4v) is 3.33. The zero-order valence-corrected chi connectivity index (χ0v) is 16.2. The van der Waals surface area contributed by atoms with Crippen LogP contribution in [0.1, 0.15) is 18.5 Å². The van der Waals surface area contributed by atoms with E-state index in [2.05, 4.69) is 10.6 Å². The largest absolute Gasteiger partial charge is 0.497 e. The molecule has 1 fully saturated rings. The Hall–Kier alpha value is -3.13. The lowest BCUT2D eigenvalue weighted by atomic mass is 10.3. The lowest BCUT2D eigenvalue weighted by molar-refractivity contribution is -0.678. The van der Waals surface area contributed by atoms with Crippen LogP contribution >= 0.6 is 12.2 Å². The molecule has 0 amide bonds. The molecule has 0 radical (unpaired) electrons. The molecule has 3 aromatic rings. The van der Waals surface area contributed by atoms with Crippen LogP contribution in [-0.4, -0.2) is 28.4 Å². The number of nitrogens with zero attached hydrogens (tertiary/aromatic N) is 2. The van der Waals surface area contributed by atoms with Gasteiger partial charge in [0.05, 0.1) is 7.11 Å². The van der Waals surface area contributed by atoms with Gasteiger partial charge in [0.2, 0.25) is 5.69 Å². The molecule has 4 rings (SSSR count). The lowest BCUT2D eigenvalue weighted by Gasteiger charge is -2.23. The molecule has 0 unspecified atom stereocenters. The van der Waals surface area contributed by atoms with Crippen molar-refractivity contribution >= 4 is 23.0 Å². The van der Waals surface area contributed by atoms with Crippen molar-refractivity contribution in [2.24, 2.45) is 0 Å². The van der Waals surface area contributed by atoms with Gasteiger partial charge in [-0.1, -0.05) is 18.2 Å². The Kier molecular flexibility index (Phi) is 5.12. The van der Waals surface area contributed by atoms with Crippen molar-refractivity contribution in [2.45, 2.75) is 25.4 Å². The summed E-state index contributed by atoms with van der Waals surface area (Å²) in [4.78, 5) is 14.4. The highest BCUT2D eigenvalue weighted by Crippen LogP contribution is 2.28. The van der Waals surface area contributed by atoms with E-state index in [4.69, 9.17) is 21.5 Å². The number of hydrogen-bond donors (Lipinski definition) is 2. The van der Waals surface area contributed by atoms with Crippen molar-refractivity contribution < 1.29 is 13.9 Å². The molecule has 1 aromatic heterocycles. The van der Waals surface area contributed by atoms with Gasteiger partial charge in [0.25, 0.3) is 0 Å². The van der Waals surface area contributed by atoms with Crippen LogP contribution in [-0.2, 0) is 6.54 Å². The average Bonchev–Trinajstić information content (AvgIpc) is 3.50. The zero-order chi connectivity index (χ0) is 19.5. The van der Waals surface area contributed by atoms with Crippen LogP contribution < -0.4 is 20.4 Å². The molecule has 1 aliphatic carbocycles. The first-order chi connectivity index (χ1) is 13.7. The SMILES string of the molecule is COc1ccc(-[n+]2[nH]oc(=O)c2CN(C(=S)Nc2ccccc2)C2CC2)cc1. The van der Waals surface area contributed by atoms with E-state index in [0.717, 1.165) is 30.0 Å². The number of aromatic amines is 1. The summed E-state index contributed by atoms with van der Waals surface area (Å²) in [6.07, 6.45) is 2.10. The number of thiocarbonyl (C=S) groups is 1. The van der Waals surface area contributed by atoms with Gasteiger partial charge in [0.1, 0.15) is 12.3 Å². The molecule has 28 heavy (non-hydrogen) atoms. The van der Waals surface area contributed by atoms with Gasteiger partial charge < -0.3 is 15.0 Å². The number of aromatic nitrogens is 2. The summed E-state index contributed by atoms with van der Waals surface area (Å²) in [5.41, 5.74) is 1.76. The molecule has 7 nitrogen and oxygen atoms in total. The summed E-state index contributed by atoms with van der Waals surface area (Å²) >= 11 is 5.63. The molecule has 2 aromatic carbocycles. The number of benzene rings is 2. The lowest BCUT2D eigenvalue weighted by Crippen LogP contribution is -2.44. The molecule has 0 atom stereocenters. The molecule has 2 N–H and O–H groups in total. The molecule has 0 bridgehead atoms. The van der Waals surface area contributed by atoms with E-state index >= 15 is 0 Å². The topological polar surface area (TPSA) is 74.4 Å². The average molecular weight is 397 g/mol. The Labute approximate surface area is 167 Å². The molecule has 0 aliphatic heterocycles. The van der Waals surface area contributed by atoms with Gasteiger partial charge >= 0.3 is 11.3 Å². The summed E-state index contributed by atoms with van der Waals surface area (Å²) in [5.74, 6) is 0.740. The minimum atomic E-state index is -0.413. The van der Waals surface area contributed by atoms with E-state index in [9.17, 15) is 4.79 Å². The van der Waals surface area contributed by atoms with Crippen molar-refractivity contribution in [2.75, 3.05) is 12.4 Å². The molecule has 1 saturated carbocycles. The number of rotatable bonds is 6. The van der Waals surface area contributed by atoms with Crippen LogP contribution in [0.2, 0.25) is 0 Å². The number of anilines is 1. The third-order valence-electron chi connectivity index (χ3n) is 4.66. The fourth-order valence-electron chi connectivity index (χ4n) is 3.00. The quantitative estimate of drug-likeness (QED) is 0.492. The van der Waals surface area contributed by atoms with Crippen LogP contribution in [0.5, 0.6) is 5.75 Å². The first kappa shape index (κ1) is 18.2. The second-order valence-electron chi connectivity index (χ2n) is 6.62. The number of H-pyrrole nitrogens is 1. The normalized spacial score (nSPS) is 13.2. The molecule has 8 heteroatoms. The number of para-hydroxylation sites is 1. The summed E-state index contributed by atoms with van der Waals surface area (Å²) in [6, 6.07) is 17.5. The number of hydrogen-bond acceptors (Lipinski definition) is 4. The third kappa shape index (κ3) is 3.91. The maximum Gasteiger partial charge on any atom is 0.432 e. The van der Waals surface area contributed by atoms with E-state index in [1.807, 2.05) is 59.5 Å². The van der Waals surface area contributed by atoms with Gasteiger partial charge in [-0.25, -0.2) is 4.79 Å². The molecule has 0 saturated heterocycles. The first-order valence-corrected chi connectivity index (χ1v) is 9.46. The van der Waals surface area contributed by atoms with Crippen LogP contribution in [0.3, 0.4) is 0 Å². The minimum absolute atomic E-state index is 0.322. The Morgan fingerprint density at radius 3 is 2.61 bits per heavy atom. The second-order valence-corrected chi connectivity index (χ2v) is 7.00. The van der Waals surface area contributed by atoms with E-state index in [1.54, 1.807) is 11.8 Å². The molecule has 0 spiro atoms.